The highest BCUT2D eigenvalue weighted by atomic mass is 19.1. The average Bonchev–Trinajstić information content (AvgIpc) is 2.64. The molecule has 7 heteroatoms. The van der Waals surface area contributed by atoms with Crippen LogP contribution in [-0.4, -0.2) is 22.8 Å². The van der Waals surface area contributed by atoms with Gasteiger partial charge in [-0.25, -0.2) is 9.07 Å². The fourth-order valence-electron chi connectivity index (χ4n) is 2.41. The van der Waals surface area contributed by atoms with Crippen LogP contribution in [0.5, 0.6) is 5.75 Å². The molecule has 0 spiro atoms. The zero-order valence-electron chi connectivity index (χ0n) is 14.0. The van der Waals surface area contributed by atoms with Crippen LogP contribution in [0.25, 0.3) is 11.3 Å². The molecule has 0 bridgehead atoms. The van der Waals surface area contributed by atoms with Crippen LogP contribution in [0, 0.1) is 5.82 Å². The quantitative estimate of drug-likeness (QED) is 0.765. The molecular formula is C19H16FN3O3. The van der Waals surface area contributed by atoms with E-state index in [1.807, 2.05) is 30.3 Å². The summed E-state index contributed by atoms with van der Waals surface area (Å²) in [7, 11) is 1.36. The third kappa shape index (κ3) is 3.94. The van der Waals surface area contributed by atoms with E-state index >= 15 is 0 Å². The molecule has 1 N–H and O–H groups in total. The number of benzene rings is 2. The monoisotopic (exact) mass is 353 g/mol. The van der Waals surface area contributed by atoms with Crippen molar-refractivity contribution in [3.8, 4) is 17.0 Å². The fourth-order valence-corrected chi connectivity index (χ4v) is 2.41. The first kappa shape index (κ1) is 17.3. The van der Waals surface area contributed by atoms with Gasteiger partial charge in [-0.2, -0.15) is 5.10 Å². The minimum absolute atomic E-state index is 0.0800. The van der Waals surface area contributed by atoms with Gasteiger partial charge < -0.3 is 10.1 Å². The molecule has 0 saturated heterocycles. The molecule has 3 rings (SSSR count). The Hall–Kier alpha value is -3.48. The minimum atomic E-state index is -0.591. The average molecular weight is 353 g/mol. The number of aromatic nitrogens is 2. The standard InChI is InChI=1S/C19H16FN3O3/c1-26-17-9-7-14(11-15(17)20)21-18(24)12-23-19(25)10-8-16(22-23)13-5-3-2-4-6-13/h2-11H,12H2,1H3,(H,21,24). The Morgan fingerprint density at radius 1 is 1.15 bits per heavy atom. The maximum absolute atomic E-state index is 13.7. The number of hydrogen-bond donors (Lipinski definition) is 1. The first-order valence-electron chi connectivity index (χ1n) is 7.84. The van der Waals surface area contributed by atoms with E-state index in [2.05, 4.69) is 10.4 Å². The van der Waals surface area contributed by atoms with Gasteiger partial charge in [0.15, 0.2) is 11.6 Å². The number of amides is 1. The Morgan fingerprint density at radius 2 is 1.92 bits per heavy atom. The van der Waals surface area contributed by atoms with Gasteiger partial charge in [-0.3, -0.25) is 9.59 Å². The van der Waals surface area contributed by atoms with E-state index in [1.54, 1.807) is 6.07 Å². The Morgan fingerprint density at radius 3 is 2.62 bits per heavy atom. The number of nitrogens with one attached hydrogen (secondary N) is 1. The second-order valence-corrected chi connectivity index (χ2v) is 5.48. The number of nitrogens with zero attached hydrogens (tertiary/aromatic N) is 2. The summed E-state index contributed by atoms with van der Waals surface area (Å²) in [6.45, 7) is -0.285. The highest BCUT2D eigenvalue weighted by molar-refractivity contribution is 5.90. The number of halogens is 1. The van der Waals surface area contributed by atoms with Crippen LogP contribution in [0.3, 0.4) is 0 Å². The summed E-state index contributed by atoms with van der Waals surface area (Å²) in [6.07, 6.45) is 0. The van der Waals surface area contributed by atoms with Crippen molar-refractivity contribution in [2.45, 2.75) is 6.54 Å². The van der Waals surface area contributed by atoms with E-state index in [-0.39, 0.29) is 18.0 Å². The van der Waals surface area contributed by atoms with Gasteiger partial charge >= 0.3 is 0 Å². The second-order valence-electron chi connectivity index (χ2n) is 5.48. The molecule has 2 aromatic carbocycles. The van der Waals surface area contributed by atoms with E-state index < -0.39 is 17.3 Å². The summed E-state index contributed by atoms with van der Waals surface area (Å²) in [5, 5.41) is 6.75. The van der Waals surface area contributed by atoms with E-state index in [1.165, 1.54) is 25.3 Å². The third-order valence-corrected chi connectivity index (χ3v) is 3.67. The Labute approximate surface area is 148 Å². The van der Waals surface area contributed by atoms with E-state index in [0.29, 0.717) is 5.69 Å². The molecule has 3 aromatic rings. The first-order valence-corrected chi connectivity index (χ1v) is 7.84. The van der Waals surface area contributed by atoms with Gasteiger partial charge in [-0.15, -0.1) is 0 Å². The van der Waals surface area contributed by atoms with Gasteiger partial charge in [0.05, 0.1) is 12.8 Å². The lowest BCUT2D eigenvalue weighted by atomic mass is 10.1. The van der Waals surface area contributed by atoms with Gasteiger partial charge in [0.25, 0.3) is 5.56 Å². The molecular weight excluding hydrogens is 337 g/mol. The first-order chi connectivity index (χ1) is 12.6. The van der Waals surface area contributed by atoms with E-state index in [4.69, 9.17) is 4.74 Å². The van der Waals surface area contributed by atoms with Gasteiger partial charge in [0.1, 0.15) is 6.54 Å². The molecule has 1 heterocycles. The molecule has 132 valence electrons. The minimum Gasteiger partial charge on any atom is -0.494 e. The van der Waals surface area contributed by atoms with Crippen LogP contribution < -0.4 is 15.6 Å². The summed E-state index contributed by atoms with van der Waals surface area (Å²) in [5.41, 5.74) is 1.27. The SMILES string of the molecule is COc1ccc(NC(=O)Cn2nc(-c3ccccc3)ccc2=O)cc1F. The van der Waals surface area contributed by atoms with Crippen molar-refractivity contribution in [3.63, 3.8) is 0 Å². The molecule has 0 atom stereocenters. The largest absolute Gasteiger partial charge is 0.494 e. The molecule has 1 amide bonds. The summed E-state index contributed by atoms with van der Waals surface area (Å²) in [4.78, 5) is 24.2. The van der Waals surface area contributed by atoms with E-state index in [0.717, 1.165) is 16.3 Å². The van der Waals surface area contributed by atoms with Crippen molar-refractivity contribution in [1.29, 1.82) is 0 Å². The van der Waals surface area contributed by atoms with Crippen molar-refractivity contribution in [2.24, 2.45) is 0 Å². The molecule has 6 nitrogen and oxygen atoms in total. The van der Waals surface area contributed by atoms with Gasteiger partial charge in [0, 0.05) is 23.4 Å². The number of ether oxygens (including phenoxy) is 1. The molecule has 0 fully saturated rings. The summed E-state index contributed by atoms with van der Waals surface area (Å²) in [6, 6.07) is 16.3. The lowest BCUT2D eigenvalue weighted by Crippen LogP contribution is -2.29. The predicted molar refractivity (Wildman–Crippen MR) is 95.5 cm³/mol. The normalized spacial score (nSPS) is 10.4. The number of anilines is 1. The van der Waals surface area contributed by atoms with Crippen LogP contribution in [0.15, 0.2) is 65.5 Å². The molecule has 0 aliphatic heterocycles. The molecule has 0 unspecified atom stereocenters. The Bertz CT molecular complexity index is 987. The van der Waals surface area contributed by atoms with E-state index in [9.17, 15) is 14.0 Å². The lowest BCUT2D eigenvalue weighted by molar-refractivity contribution is -0.117. The molecule has 0 saturated carbocycles. The van der Waals surface area contributed by atoms with Crippen LogP contribution in [0.2, 0.25) is 0 Å². The molecule has 0 radical (unpaired) electrons. The molecule has 0 aliphatic carbocycles. The second kappa shape index (κ2) is 7.60. The topological polar surface area (TPSA) is 73.2 Å². The summed E-state index contributed by atoms with van der Waals surface area (Å²) < 4.78 is 19.6. The van der Waals surface area contributed by atoms with Crippen molar-refractivity contribution in [3.05, 3.63) is 76.8 Å². The number of methoxy groups -OCH3 is 1. The molecule has 0 aliphatic rings. The van der Waals surface area contributed by atoms with Gasteiger partial charge in [0.2, 0.25) is 5.91 Å². The van der Waals surface area contributed by atoms with Crippen LogP contribution in [0.4, 0.5) is 10.1 Å². The fraction of sp³-hybridized carbons (Fsp3) is 0.105. The maximum Gasteiger partial charge on any atom is 0.267 e. The van der Waals surface area contributed by atoms with Crippen molar-refractivity contribution in [1.82, 2.24) is 9.78 Å². The highest BCUT2D eigenvalue weighted by Gasteiger charge is 2.10. The van der Waals surface area contributed by atoms with Crippen LogP contribution in [-0.2, 0) is 11.3 Å². The third-order valence-electron chi connectivity index (χ3n) is 3.67. The van der Waals surface area contributed by atoms with Crippen molar-refractivity contribution < 1.29 is 13.9 Å². The molecule has 1 aromatic heterocycles. The van der Waals surface area contributed by atoms with Crippen LogP contribution in [0.1, 0.15) is 0 Å². The number of carbonyl (C=O) groups excluding carboxylic acids is 1. The summed E-state index contributed by atoms with van der Waals surface area (Å²) in [5.74, 6) is -1.00. The number of hydrogen-bond acceptors (Lipinski definition) is 4. The zero-order valence-corrected chi connectivity index (χ0v) is 14.0. The zero-order chi connectivity index (χ0) is 18.5. The van der Waals surface area contributed by atoms with Gasteiger partial charge in [-0.05, 0) is 18.2 Å². The predicted octanol–water partition coefficient (Wildman–Crippen LogP) is 2.70. The van der Waals surface area contributed by atoms with Crippen molar-refractivity contribution in [2.75, 3.05) is 12.4 Å². The number of carbonyl (C=O) groups is 1. The number of rotatable bonds is 5. The lowest BCUT2D eigenvalue weighted by Gasteiger charge is -2.09. The smallest absolute Gasteiger partial charge is 0.267 e. The molecule has 26 heavy (non-hydrogen) atoms. The van der Waals surface area contributed by atoms with Crippen molar-refractivity contribution >= 4 is 11.6 Å². The van der Waals surface area contributed by atoms with Gasteiger partial charge in [-0.1, -0.05) is 30.3 Å². The Kier molecular flexibility index (Phi) is 5.07. The summed E-state index contributed by atoms with van der Waals surface area (Å²) >= 11 is 0. The highest BCUT2D eigenvalue weighted by Crippen LogP contribution is 2.20. The maximum atomic E-state index is 13.7. The van der Waals surface area contributed by atoms with Crippen LogP contribution >= 0.6 is 0 Å². The Balaban J connectivity index is 1.77.